The quantitative estimate of drug-likeness (QED) is 0.690. The molecule has 0 aliphatic carbocycles. The SMILES string of the molecule is COCCNc1ncc(-c2ccc(Br)c3cccnc23)s1. The van der Waals surface area contributed by atoms with Gasteiger partial charge in [-0.1, -0.05) is 39.4 Å². The van der Waals surface area contributed by atoms with E-state index < -0.39 is 0 Å². The van der Waals surface area contributed by atoms with Gasteiger partial charge in [0, 0.05) is 41.5 Å². The second kappa shape index (κ2) is 6.51. The lowest BCUT2D eigenvalue weighted by molar-refractivity contribution is 0.211. The molecule has 0 saturated heterocycles. The van der Waals surface area contributed by atoms with Crippen molar-refractivity contribution >= 4 is 43.3 Å². The Hall–Kier alpha value is -1.50. The van der Waals surface area contributed by atoms with Crippen LogP contribution in [0.5, 0.6) is 0 Å². The van der Waals surface area contributed by atoms with E-state index in [0.717, 1.165) is 37.5 Å². The summed E-state index contributed by atoms with van der Waals surface area (Å²) in [6, 6.07) is 8.14. The summed E-state index contributed by atoms with van der Waals surface area (Å²) in [5.74, 6) is 0. The number of pyridine rings is 1. The number of benzene rings is 1. The number of hydrogen-bond acceptors (Lipinski definition) is 5. The van der Waals surface area contributed by atoms with Crippen molar-refractivity contribution in [1.29, 1.82) is 0 Å². The van der Waals surface area contributed by atoms with Crippen LogP contribution in [-0.4, -0.2) is 30.2 Å². The van der Waals surface area contributed by atoms with E-state index in [-0.39, 0.29) is 0 Å². The summed E-state index contributed by atoms with van der Waals surface area (Å²) in [4.78, 5) is 10.0. The van der Waals surface area contributed by atoms with Crippen molar-refractivity contribution < 1.29 is 4.74 Å². The minimum absolute atomic E-state index is 0.664. The van der Waals surface area contributed by atoms with Crippen LogP contribution in [0.2, 0.25) is 0 Å². The molecule has 0 radical (unpaired) electrons. The van der Waals surface area contributed by atoms with E-state index in [9.17, 15) is 0 Å². The van der Waals surface area contributed by atoms with Crippen LogP contribution in [-0.2, 0) is 4.74 Å². The summed E-state index contributed by atoms with van der Waals surface area (Å²) >= 11 is 5.20. The van der Waals surface area contributed by atoms with E-state index in [1.807, 2.05) is 18.5 Å². The lowest BCUT2D eigenvalue weighted by Crippen LogP contribution is -2.06. The molecule has 21 heavy (non-hydrogen) atoms. The highest BCUT2D eigenvalue weighted by molar-refractivity contribution is 9.10. The fourth-order valence-corrected chi connectivity index (χ4v) is 3.40. The van der Waals surface area contributed by atoms with Crippen molar-refractivity contribution in [2.75, 3.05) is 25.6 Å². The van der Waals surface area contributed by atoms with Gasteiger partial charge in [-0.05, 0) is 12.1 Å². The number of thiazole rings is 1. The zero-order chi connectivity index (χ0) is 14.7. The highest BCUT2D eigenvalue weighted by Gasteiger charge is 2.10. The van der Waals surface area contributed by atoms with Crippen LogP contribution in [0.4, 0.5) is 5.13 Å². The number of methoxy groups -OCH3 is 1. The van der Waals surface area contributed by atoms with Gasteiger partial charge in [0.2, 0.25) is 0 Å². The lowest BCUT2D eigenvalue weighted by atomic mass is 10.1. The summed E-state index contributed by atoms with van der Waals surface area (Å²) in [6.45, 7) is 1.42. The average Bonchev–Trinajstić information content (AvgIpc) is 2.97. The Morgan fingerprint density at radius 3 is 3.05 bits per heavy atom. The Balaban J connectivity index is 1.96. The van der Waals surface area contributed by atoms with E-state index in [1.165, 1.54) is 0 Å². The van der Waals surface area contributed by atoms with Crippen molar-refractivity contribution in [2.45, 2.75) is 0 Å². The zero-order valence-electron chi connectivity index (χ0n) is 11.5. The number of anilines is 1. The van der Waals surface area contributed by atoms with Crippen molar-refractivity contribution in [3.8, 4) is 10.4 Å². The van der Waals surface area contributed by atoms with Gasteiger partial charge in [-0.3, -0.25) is 4.98 Å². The molecule has 4 nitrogen and oxygen atoms in total. The molecule has 0 aliphatic rings. The Morgan fingerprint density at radius 2 is 2.19 bits per heavy atom. The van der Waals surface area contributed by atoms with Crippen LogP contribution in [0, 0.1) is 0 Å². The van der Waals surface area contributed by atoms with Crippen LogP contribution in [0.15, 0.2) is 41.1 Å². The molecular weight excluding hydrogens is 350 g/mol. The number of fused-ring (bicyclic) bond motifs is 1. The number of nitrogens with one attached hydrogen (secondary N) is 1. The van der Waals surface area contributed by atoms with E-state index in [4.69, 9.17) is 4.74 Å². The Bertz CT molecular complexity index is 760. The summed E-state index contributed by atoms with van der Waals surface area (Å²) in [7, 11) is 1.69. The molecule has 0 atom stereocenters. The van der Waals surface area contributed by atoms with E-state index in [2.05, 4.69) is 49.4 Å². The highest BCUT2D eigenvalue weighted by atomic mass is 79.9. The summed E-state index contributed by atoms with van der Waals surface area (Å²) < 4.78 is 6.08. The molecule has 0 spiro atoms. The number of rotatable bonds is 5. The number of ether oxygens (including phenoxy) is 1. The first-order chi connectivity index (χ1) is 10.3. The van der Waals surface area contributed by atoms with Crippen LogP contribution < -0.4 is 5.32 Å². The normalized spacial score (nSPS) is 11.0. The smallest absolute Gasteiger partial charge is 0.183 e. The second-order valence-corrected chi connectivity index (χ2v) is 6.33. The largest absolute Gasteiger partial charge is 0.383 e. The standard InChI is InChI=1S/C15H14BrN3OS/c1-20-8-7-18-15-19-9-13(21-15)11-4-5-12(16)10-3-2-6-17-14(10)11/h2-6,9H,7-8H2,1H3,(H,18,19). The number of nitrogens with zero attached hydrogens (tertiary/aromatic N) is 2. The Kier molecular flexibility index (Phi) is 4.48. The Morgan fingerprint density at radius 1 is 1.29 bits per heavy atom. The van der Waals surface area contributed by atoms with Crippen molar-refractivity contribution in [2.24, 2.45) is 0 Å². The van der Waals surface area contributed by atoms with Gasteiger partial charge in [-0.2, -0.15) is 0 Å². The van der Waals surface area contributed by atoms with Gasteiger partial charge in [0.05, 0.1) is 17.0 Å². The topological polar surface area (TPSA) is 47.0 Å². The minimum Gasteiger partial charge on any atom is -0.383 e. The van der Waals surface area contributed by atoms with E-state index in [1.54, 1.807) is 18.4 Å². The molecule has 0 aliphatic heterocycles. The monoisotopic (exact) mass is 363 g/mol. The first-order valence-electron chi connectivity index (χ1n) is 6.52. The fourth-order valence-electron chi connectivity index (χ4n) is 2.08. The van der Waals surface area contributed by atoms with Gasteiger partial charge >= 0.3 is 0 Å². The van der Waals surface area contributed by atoms with Crippen LogP contribution in [0.25, 0.3) is 21.3 Å². The lowest BCUT2D eigenvalue weighted by Gasteiger charge is -2.05. The zero-order valence-corrected chi connectivity index (χ0v) is 13.9. The summed E-state index contributed by atoms with van der Waals surface area (Å²) in [5, 5.41) is 5.25. The molecule has 1 aromatic carbocycles. The van der Waals surface area contributed by atoms with Crippen LogP contribution in [0.1, 0.15) is 0 Å². The van der Waals surface area contributed by atoms with Gasteiger partial charge in [-0.25, -0.2) is 4.98 Å². The molecular formula is C15H14BrN3OS. The molecule has 6 heteroatoms. The van der Waals surface area contributed by atoms with Crippen LogP contribution in [0.3, 0.4) is 0 Å². The van der Waals surface area contributed by atoms with Crippen LogP contribution >= 0.6 is 27.3 Å². The molecule has 108 valence electrons. The molecule has 0 bridgehead atoms. The maximum absolute atomic E-state index is 5.02. The predicted octanol–water partition coefficient (Wildman–Crippen LogP) is 4.18. The maximum Gasteiger partial charge on any atom is 0.183 e. The number of aromatic nitrogens is 2. The van der Waals surface area contributed by atoms with Gasteiger partial charge < -0.3 is 10.1 Å². The van der Waals surface area contributed by atoms with Crippen molar-refractivity contribution in [1.82, 2.24) is 9.97 Å². The first kappa shape index (κ1) is 14.4. The third-order valence-electron chi connectivity index (χ3n) is 3.07. The van der Waals surface area contributed by atoms with Crippen molar-refractivity contribution in [3.63, 3.8) is 0 Å². The van der Waals surface area contributed by atoms with Gasteiger partial charge in [-0.15, -0.1) is 0 Å². The molecule has 3 aromatic rings. The van der Waals surface area contributed by atoms with Crippen molar-refractivity contribution in [3.05, 3.63) is 41.1 Å². The summed E-state index contributed by atoms with van der Waals surface area (Å²) in [5.41, 5.74) is 2.09. The molecule has 0 fully saturated rings. The van der Waals surface area contributed by atoms with Gasteiger partial charge in [0.25, 0.3) is 0 Å². The predicted molar refractivity (Wildman–Crippen MR) is 90.9 cm³/mol. The third-order valence-corrected chi connectivity index (χ3v) is 4.75. The number of halogens is 1. The highest BCUT2D eigenvalue weighted by Crippen LogP contribution is 2.35. The molecule has 0 unspecified atom stereocenters. The van der Waals surface area contributed by atoms with Gasteiger partial charge in [0.1, 0.15) is 0 Å². The Labute approximate surface area is 135 Å². The molecule has 3 rings (SSSR count). The molecule has 2 heterocycles. The fraction of sp³-hybridized carbons (Fsp3) is 0.200. The van der Waals surface area contributed by atoms with E-state index >= 15 is 0 Å². The summed E-state index contributed by atoms with van der Waals surface area (Å²) in [6.07, 6.45) is 3.70. The van der Waals surface area contributed by atoms with E-state index in [0.29, 0.717) is 6.61 Å². The first-order valence-corrected chi connectivity index (χ1v) is 8.13. The maximum atomic E-state index is 5.02. The number of hydrogen-bond donors (Lipinski definition) is 1. The molecule has 1 N–H and O–H groups in total. The molecule has 2 aromatic heterocycles. The minimum atomic E-state index is 0.664. The van der Waals surface area contributed by atoms with Gasteiger partial charge in [0.15, 0.2) is 5.13 Å². The third kappa shape index (κ3) is 3.07. The average molecular weight is 364 g/mol. The second-order valence-electron chi connectivity index (χ2n) is 4.44. The molecule has 0 saturated carbocycles. The molecule has 0 amide bonds.